The Morgan fingerprint density at radius 3 is 3.04 bits per heavy atom. The van der Waals surface area contributed by atoms with Crippen molar-refractivity contribution >= 4 is 27.3 Å². The van der Waals surface area contributed by atoms with Gasteiger partial charge in [0.05, 0.1) is 29.4 Å². The molecule has 5 rings (SSSR count). The first-order valence-corrected chi connectivity index (χ1v) is 12.6. The van der Waals surface area contributed by atoms with Gasteiger partial charge in [-0.3, -0.25) is 4.79 Å². The van der Waals surface area contributed by atoms with Gasteiger partial charge in [-0.2, -0.15) is 0 Å². The molecule has 0 saturated carbocycles. The molecule has 0 aromatic carbocycles. The van der Waals surface area contributed by atoms with E-state index in [1.54, 1.807) is 11.3 Å². The normalized spacial score (nSPS) is 34.7. The van der Waals surface area contributed by atoms with Crippen LogP contribution in [0, 0.1) is 11.8 Å². The first-order chi connectivity index (χ1) is 12.9. The molecular weight excluding hydrogens is 384 g/mol. The van der Waals surface area contributed by atoms with Gasteiger partial charge in [-0.1, -0.05) is 0 Å². The van der Waals surface area contributed by atoms with Gasteiger partial charge in [0, 0.05) is 24.9 Å². The molecule has 3 saturated heterocycles. The molecule has 2 bridgehead atoms. The van der Waals surface area contributed by atoms with Crippen molar-refractivity contribution in [3.8, 4) is 0 Å². The Bertz CT molecular complexity index is 880. The van der Waals surface area contributed by atoms with Crippen LogP contribution in [0.5, 0.6) is 0 Å². The molecule has 1 N–H and O–H groups in total. The first-order valence-electron chi connectivity index (χ1n) is 9.87. The molecule has 1 aromatic rings. The smallest absolute Gasteiger partial charge is 0.264 e. The summed E-state index contributed by atoms with van der Waals surface area (Å²) in [5.74, 6) is 0.530. The van der Waals surface area contributed by atoms with E-state index in [9.17, 15) is 13.2 Å². The fourth-order valence-corrected chi connectivity index (χ4v) is 7.33. The van der Waals surface area contributed by atoms with Crippen molar-refractivity contribution < 1.29 is 17.9 Å². The quantitative estimate of drug-likeness (QED) is 0.821. The minimum atomic E-state index is -3.22. The van der Waals surface area contributed by atoms with E-state index in [4.69, 9.17) is 4.74 Å². The number of rotatable bonds is 4. The third kappa shape index (κ3) is 2.96. The Morgan fingerprint density at radius 1 is 1.41 bits per heavy atom. The number of ether oxygens (including phenoxy) is 1. The van der Waals surface area contributed by atoms with Crippen molar-refractivity contribution in [2.75, 3.05) is 25.9 Å². The van der Waals surface area contributed by atoms with Crippen LogP contribution in [-0.2, 0) is 27.6 Å². The largest absolute Gasteiger partial charge is 0.369 e. The molecule has 148 valence electrons. The van der Waals surface area contributed by atoms with Crippen LogP contribution in [0.4, 0.5) is 0 Å². The standard InChI is InChI=1S/C19H26N2O4S2/c1-27(23,24)20-8-14-15-9-21(11-19(15)7-6-16(14)25-19)18(22)17-13-5-3-2-4-12(13)10-26-17/h10,14-16,20H,2-9,11H2,1H3/t14-,15+,16+,19+/m0/s1. The number of amides is 1. The molecule has 27 heavy (non-hydrogen) atoms. The zero-order valence-corrected chi connectivity index (χ0v) is 17.2. The molecule has 0 unspecified atom stereocenters. The van der Waals surface area contributed by atoms with Gasteiger partial charge in [0.15, 0.2) is 0 Å². The van der Waals surface area contributed by atoms with E-state index in [-0.39, 0.29) is 29.4 Å². The molecule has 1 aliphatic carbocycles. The second-order valence-electron chi connectivity index (χ2n) is 8.61. The van der Waals surface area contributed by atoms with Gasteiger partial charge in [-0.05, 0) is 55.0 Å². The van der Waals surface area contributed by atoms with Crippen molar-refractivity contribution in [1.82, 2.24) is 9.62 Å². The summed E-state index contributed by atoms with van der Waals surface area (Å²) in [5.41, 5.74) is 2.37. The number of hydrogen-bond acceptors (Lipinski definition) is 5. The number of carbonyl (C=O) groups excluding carboxylic acids is 1. The molecule has 0 radical (unpaired) electrons. The minimum Gasteiger partial charge on any atom is -0.369 e. The van der Waals surface area contributed by atoms with E-state index >= 15 is 0 Å². The molecule has 3 fully saturated rings. The lowest BCUT2D eigenvalue weighted by Gasteiger charge is -2.29. The number of likely N-dealkylation sites (tertiary alicyclic amines) is 1. The average Bonchev–Trinajstić information content (AvgIpc) is 3.36. The number of hydrogen-bond donors (Lipinski definition) is 1. The number of nitrogens with zero attached hydrogens (tertiary/aromatic N) is 1. The molecule has 1 spiro atoms. The molecular formula is C19H26N2O4S2. The Hall–Kier alpha value is -0.960. The van der Waals surface area contributed by atoms with Crippen LogP contribution in [-0.4, -0.2) is 56.8 Å². The van der Waals surface area contributed by atoms with Crippen LogP contribution in [0.3, 0.4) is 0 Å². The lowest BCUT2D eigenvalue weighted by Crippen LogP contribution is -2.41. The zero-order valence-electron chi connectivity index (χ0n) is 15.6. The molecule has 4 heterocycles. The van der Waals surface area contributed by atoms with Crippen molar-refractivity contribution in [1.29, 1.82) is 0 Å². The summed E-state index contributed by atoms with van der Waals surface area (Å²) in [6, 6.07) is 0. The molecule has 4 aliphatic rings. The number of thiophene rings is 1. The zero-order chi connectivity index (χ0) is 18.8. The average molecular weight is 411 g/mol. The monoisotopic (exact) mass is 410 g/mol. The molecule has 3 aliphatic heterocycles. The second kappa shape index (κ2) is 6.27. The highest BCUT2D eigenvalue weighted by Gasteiger charge is 2.63. The minimum absolute atomic E-state index is 0.121. The topological polar surface area (TPSA) is 75.7 Å². The van der Waals surface area contributed by atoms with Crippen LogP contribution < -0.4 is 4.72 Å². The van der Waals surface area contributed by atoms with E-state index in [0.717, 1.165) is 30.6 Å². The summed E-state index contributed by atoms with van der Waals surface area (Å²) in [4.78, 5) is 16.2. The number of aryl methyl sites for hydroxylation is 1. The van der Waals surface area contributed by atoms with E-state index in [0.29, 0.717) is 19.6 Å². The number of carbonyl (C=O) groups is 1. The molecule has 4 atom stereocenters. The predicted octanol–water partition coefficient (Wildman–Crippen LogP) is 1.80. The van der Waals surface area contributed by atoms with Crippen LogP contribution in [0.25, 0.3) is 0 Å². The first kappa shape index (κ1) is 18.1. The van der Waals surface area contributed by atoms with Gasteiger partial charge < -0.3 is 9.64 Å². The predicted molar refractivity (Wildman–Crippen MR) is 104 cm³/mol. The van der Waals surface area contributed by atoms with E-state index in [1.165, 1.54) is 30.2 Å². The Morgan fingerprint density at radius 2 is 2.22 bits per heavy atom. The molecule has 6 nitrogen and oxygen atoms in total. The number of fused-ring (bicyclic) bond motifs is 2. The summed E-state index contributed by atoms with van der Waals surface area (Å²) in [6.07, 6.45) is 7.75. The molecule has 8 heteroatoms. The van der Waals surface area contributed by atoms with Gasteiger partial charge in [0.25, 0.3) is 5.91 Å². The summed E-state index contributed by atoms with van der Waals surface area (Å²) in [7, 11) is -3.22. The van der Waals surface area contributed by atoms with Gasteiger partial charge >= 0.3 is 0 Å². The van der Waals surface area contributed by atoms with Crippen LogP contribution in [0.1, 0.15) is 46.5 Å². The van der Waals surface area contributed by atoms with E-state index in [2.05, 4.69) is 10.1 Å². The number of sulfonamides is 1. The van der Waals surface area contributed by atoms with Crippen molar-refractivity contribution in [3.05, 3.63) is 21.4 Å². The van der Waals surface area contributed by atoms with E-state index in [1.807, 2.05) is 4.90 Å². The maximum atomic E-state index is 13.3. The van der Waals surface area contributed by atoms with Crippen molar-refractivity contribution in [2.45, 2.75) is 50.2 Å². The SMILES string of the molecule is CS(=O)(=O)NC[C@H]1[C@H]2CN(C(=O)c3scc4c3CCCC4)C[C@]23CC[C@H]1O3. The van der Waals surface area contributed by atoms with Crippen molar-refractivity contribution in [2.24, 2.45) is 11.8 Å². The highest BCUT2D eigenvalue weighted by molar-refractivity contribution is 7.88. The molecule has 1 amide bonds. The maximum absolute atomic E-state index is 13.3. The summed E-state index contributed by atoms with van der Waals surface area (Å²) in [5, 5.41) is 2.16. The highest BCUT2D eigenvalue weighted by Crippen LogP contribution is 2.55. The highest BCUT2D eigenvalue weighted by atomic mass is 32.2. The summed E-state index contributed by atoms with van der Waals surface area (Å²) in [6.45, 7) is 1.74. The fourth-order valence-electron chi connectivity index (χ4n) is 5.71. The second-order valence-corrected chi connectivity index (χ2v) is 11.3. The van der Waals surface area contributed by atoms with E-state index < -0.39 is 10.0 Å². The molecule has 1 aromatic heterocycles. The summed E-state index contributed by atoms with van der Waals surface area (Å²) >= 11 is 1.60. The van der Waals surface area contributed by atoms with Crippen LogP contribution >= 0.6 is 11.3 Å². The van der Waals surface area contributed by atoms with Crippen LogP contribution in [0.2, 0.25) is 0 Å². The van der Waals surface area contributed by atoms with Crippen molar-refractivity contribution in [3.63, 3.8) is 0 Å². The third-order valence-corrected chi connectivity index (χ3v) is 8.70. The maximum Gasteiger partial charge on any atom is 0.264 e. The Balaban J connectivity index is 1.35. The van der Waals surface area contributed by atoms with Gasteiger partial charge in [-0.15, -0.1) is 11.3 Å². The number of nitrogens with one attached hydrogen (secondary N) is 1. The van der Waals surface area contributed by atoms with Crippen LogP contribution in [0.15, 0.2) is 5.38 Å². The lowest BCUT2D eigenvalue weighted by atomic mass is 9.74. The fraction of sp³-hybridized carbons (Fsp3) is 0.737. The van der Waals surface area contributed by atoms with Gasteiger partial charge in [-0.25, -0.2) is 13.1 Å². The third-order valence-electron chi connectivity index (χ3n) is 6.95. The van der Waals surface area contributed by atoms with Gasteiger partial charge in [0.1, 0.15) is 0 Å². The Kier molecular flexibility index (Phi) is 4.20. The lowest BCUT2D eigenvalue weighted by molar-refractivity contribution is 0.00329. The Labute approximate surface area is 164 Å². The summed E-state index contributed by atoms with van der Waals surface area (Å²) < 4.78 is 32.1. The van der Waals surface area contributed by atoms with Gasteiger partial charge in [0.2, 0.25) is 10.0 Å².